The number of fused-ring (bicyclic) bond motifs is 1. The third-order valence-electron chi connectivity index (χ3n) is 3.54. The van der Waals surface area contributed by atoms with E-state index in [9.17, 15) is 0 Å². The van der Waals surface area contributed by atoms with Crippen molar-refractivity contribution in [3.63, 3.8) is 0 Å². The average molecular weight is 412 g/mol. The van der Waals surface area contributed by atoms with Crippen LogP contribution in [0.1, 0.15) is 0 Å². The number of nitrogen functional groups attached to an aromatic ring is 1. The second kappa shape index (κ2) is 10.8. The Bertz CT molecular complexity index is 746. The van der Waals surface area contributed by atoms with E-state index in [1.165, 1.54) is 0 Å². The van der Waals surface area contributed by atoms with Crippen molar-refractivity contribution in [3.8, 4) is 11.5 Å². The Morgan fingerprint density at radius 2 is 1.39 bits per heavy atom. The lowest BCUT2D eigenvalue weighted by atomic mass is 10.2. The molecule has 3 rings (SSSR count). The summed E-state index contributed by atoms with van der Waals surface area (Å²) in [6.45, 7) is 3.67. The highest BCUT2D eigenvalue weighted by molar-refractivity contribution is 6.28. The van der Waals surface area contributed by atoms with Gasteiger partial charge in [0.05, 0.1) is 39.6 Å². The molecule has 0 fully saturated rings. The Kier molecular flexibility index (Phi) is 7.85. The topological polar surface area (TPSA) is 123 Å². The quantitative estimate of drug-likeness (QED) is 0.754. The lowest BCUT2D eigenvalue weighted by molar-refractivity contribution is 0.00708. The van der Waals surface area contributed by atoms with Gasteiger partial charge in [-0.15, -0.1) is 0 Å². The maximum Gasteiger partial charge on any atom is 0.233 e. The van der Waals surface area contributed by atoms with Crippen LogP contribution in [0.2, 0.25) is 5.28 Å². The third kappa shape index (κ3) is 6.64. The first-order valence-electron chi connectivity index (χ1n) is 8.77. The maximum absolute atomic E-state index is 5.81. The predicted octanol–water partition coefficient (Wildman–Crippen LogP) is 1.67. The summed E-state index contributed by atoms with van der Waals surface area (Å²) in [7, 11) is 0. The molecule has 0 saturated carbocycles. The first-order chi connectivity index (χ1) is 13.7. The van der Waals surface area contributed by atoms with E-state index < -0.39 is 0 Å². The fourth-order valence-corrected chi connectivity index (χ4v) is 2.50. The fraction of sp³-hybridized carbons (Fsp3) is 0.471. The summed E-state index contributed by atoms with van der Waals surface area (Å²) in [6, 6.07) is 5.35. The van der Waals surface area contributed by atoms with Crippen molar-refractivity contribution < 1.29 is 23.7 Å². The van der Waals surface area contributed by atoms with E-state index in [1.54, 1.807) is 18.2 Å². The highest BCUT2D eigenvalue weighted by atomic mass is 35.5. The van der Waals surface area contributed by atoms with E-state index in [1.807, 2.05) is 0 Å². The number of ether oxygens (including phenoxy) is 5. The van der Waals surface area contributed by atoms with Gasteiger partial charge in [-0.25, -0.2) is 0 Å². The largest absolute Gasteiger partial charge is 0.487 e. The Balaban J connectivity index is 1.70. The average Bonchev–Trinajstić information content (AvgIpc) is 2.66. The minimum absolute atomic E-state index is 0.00455. The Labute approximate surface area is 167 Å². The van der Waals surface area contributed by atoms with Gasteiger partial charge in [0.1, 0.15) is 13.2 Å². The predicted molar refractivity (Wildman–Crippen MR) is 102 cm³/mol. The van der Waals surface area contributed by atoms with Crippen LogP contribution < -0.4 is 20.5 Å². The summed E-state index contributed by atoms with van der Waals surface area (Å²) in [5.41, 5.74) is 6.26. The molecule has 1 aromatic heterocycles. The number of benzene rings is 1. The number of rotatable bonds is 2. The van der Waals surface area contributed by atoms with Gasteiger partial charge in [-0.1, -0.05) is 0 Å². The fourth-order valence-electron chi connectivity index (χ4n) is 2.33. The molecule has 1 aliphatic rings. The normalized spacial score (nSPS) is 16.6. The minimum atomic E-state index is 0.00455. The molecule has 0 radical (unpaired) electrons. The molecule has 0 spiro atoms. The van der Waals surface area contributed by atoms with Crippen LogP contribution in [-0.4, -0.2) is 67.8 Å². The maximum atomic E-state index is 5.81. The number of nitrogens with one attached hydrogen (secondary N) is 1. The van der Waals surface area contributed by atoms with Gasteiger partial charge in [0.2, 0.25) is 17.2 Å². The van der Waals surface area contributed by atoms with Crippen molar-refractivity contribution >= 4 is 29.2 Å². The summed E-state index contributed by atoms with van der Waals surface area (Å²) in [4.78, 5) is 11.7. The van der Waals surface area contributed by atoms with Crippen LogP contribution in [0.25, 0.3) is 0 Å². The number of halogens is 1. The highest BCUT2D eigenvalue weighted by Crippen LogP contribution is 2.31. The molecule has 0 aliphatic carbocycles. The lowest BCUT2D eigenvalue weighted by Crippen LogP contribution is -2.13. The van der Waals surface area contributed by atoms with Crippen LogP contribution in [0.4, 0.5) is 17.6 Å². The van der Waals surface area contributed by atoms with Gasteiger partial charge in [0, 0.05) is 11.8 Å². The molecule has 2 heterocycles. The molecule has 28 heavy (non-hydrogen) atoms. The molecule has 11 heteroatoms. The van der Waals surface area contributed by atoms with Crippen molar-refractivity contribution in [1.29, 1.82) is 0 Å². The van der Waals surface area contributed by atoms with E-state index >= 15 is 0 Å². The van der Waals surface area contributed by atoms with E-state index in [0.717, 1.165) is 0 Å². The van der Waals surface area contributed by atoms with Crippen molar-refractivity contribution in [3.05, 3.63) is 23.5 Å². The number of aromatic nitrogens is 3. The van der Waals surface area contributed by atoms with Crippen LogP contribution >= 0.6 is 11.6 Å². The first-order valence-corrected chi connectivity index (χ1v) is 9.15. The van der Waals surface area contributed by atoms with Crippen LogP contribution in [-0.2, 0) is 14.2 Å². The molecule has 0 bridgehead atoms. The molecule has 0 unspecified atom stereocenters. The summed E-state index contributed by atoms with van der Waals surface area (Å²) >= 11 is 5.81. The number of nitrogens with two attached hydrogens (primary N) is 1. The molecule has 0 amide bonds. The number of hydrogen-bond donors (Lipinski definition) is 2. The summed E-state index contributed by atoms with van der Waals surface area (Å²) < 4.78 is 27.9. The molecule has 10 nitrogen and oxygen atoms in total. The zero-order valence-electron chi connectivity index (χ0n) is 15.2. The second-order valence-corrected chi connectivity index (χ2v) is 5.94. The molecule has 0 atom stereocenters. The number of nitrogens with zero attached hydrogens (tertiary/aromatic N) is 3. The van der Waals surface area contributed by atoms with Gasteiger partial charge in [-0.3, -0.25) is 0 Å². The van der Waals surface area contributed by atoms with Gasteiger partial charge in [-0.05, 0) is 23.7 Å². The summed E-state index contributed by atoms with van der Waals surface area (Å²) in [5.74, 6) is 1.39. The lowest BCUT2D eigenvalue weighted by Gasteiger charge is -2.15. The highest BCUT2D eigenvalue weighted by Gasteiger charge is 2.10. The molecular formula is C17H22ClN5O5. The summed E-state index contributed by atoms with van der Waals surface area (Å²) in [5, 5.41) is 3.02. The zero-order valence-corrected chi connectivity index (χ0v) is 16.0. The van der Waals surface area contributed by atoms with E-state index in [0.29, 0.717) is 70.0 Å². The van der Waals surface area contributed by atoms with E-state index in [-0.39, 0.29) is 17.2 Å². The van der Waals surface area contributed by atoms with Gasteiger partial charge >= 0.3 is 0 Å². The molecule has 2 aromatic rings. The van der Waals surface area contributed by atoms with Gasteiger partial charge in [0.15, 0.2) is 11.5 Å². The Morgan fingerprint density at radius 1 is 0.786 bits per heavy atom. The monoisotopic (exact) mass is 411 g/mol. The number of anilines is 3. The van der Waals surface area contributed by atoms with Crippen molar-refractivity contribution in [2.24, 2.45) is 0 Å². The standard InChI is InChI=1S/C17H22ClN5O5/c18-15-21-16(19)23-17(22-15)20-12-1-2-13-14(11-12)28-10-8-26-6-4-24-3-5-25-7-9-27-13/h1-2,11H,3-10H2,(H3,19,20,21,22,23). The van der Waals surface area contributed by atoms with E-state index in [2.05, 4.69) is 20.3 Å². The first kappa shape index (κ1) is 20.3. The molecular weight excluding hydrogens is 390 g/mol. The Hall–Kier alpha value is -2.40. The molecule has 0 saturated heterocycles. The van der Waals surface area contributed by atoms with Crippen LogP contribution in [0, 0.1) is 0 Å². The molecule has 1 aliphatic heterocycles. The van der Waals surface area contributed by atoms with Gasteiger partial charge in [-0.2, -0.15) is 15.0 Å². The van der Waals surface area contributed by atoms with Crippen molar-refractivity contribution in [2.45, 2.75) is 0 Å². The summed E-state index contributed by atoms with van der Waals surface area (Å²) in [6.07, 6.45) is 0. The smallest absolute Gasteiger partial charge is 0.233 e. The molecule has 1 aromatic carbocycles. The van der Waals surface area contributed by atoms with Crippen LogP contribution in [0.15, 0.2) is 18.2 Å². The molecule has 3 N–H and O–H groups in total. The molecule has 152 valence electrons. The van der Waals surface area contributed by atoms with Crippen molar-refractivity contribution in [2.75, 3.05) is 63.9 Å². The number of hydrogen-bond acceptors (Lipinski definition) is 10. The SMILES string of the molecule is Nc1nc(Cl)nc(Nc2ccc3c(c2)OCCOCCOCCOCCO3)n1. The van der Waals surface area contributed by atoms with E-state index in [4.69, 9.17) is 41.0 Å². The van der Waals surface area contributed by atoms with Crippen LogP contribution in [0.5, 0.6) is 11.5 Å². The van der Waals surface area contributed by atoms with Gasteiger partial charge in [0.25, 0.3) is 0 Å². The zero-order chi connectivity index (χ0) is 19.6. The third-order valence-corrected chi connectivity index (χ3v) is 3.71. The Morgan fingerprint density at radius 3 is 2.04 bits per heavy atom. The van der Waals surface area contributed by atoms with Crippen LogP contribution in [0.3, 0.4) is 0 Å². The second-order valence-electron chi connectivity index (χ2n) is 5.61. The van der Waals surface area contributed by atoms with Crippen molar-refractivity contribution in [1.82, 2.24) is 15.0 Å². The van der Waals surface area contributed by atoms with Gasteiger partial charge < -0.3 is 34.7 Å². The minimum Gasteiger partial charge on any atom is -0.487 e.